The number of allylic oxidation sites excluding steroid dienone is 5. The summed E-state index contributed by atoms with van der Waals surface area (Å²) in [6, 6.07) is 47.2. The number of para-hydroxylation sites is 2. The zero-order valence-corrected chi connectivity index (χ0v) is 36.5. The van der Waals surface area contributed by atoms with Gasteiger partial charge >= 0.3 is 0 Å². The van der Waals surface area contributed by atoms with Crippen molar-refractivity contribution in [3.8, 4) is 45.4 Å². The summed E-state index contributed by atoms with van der Waals surface area (Å²) in [6.07, 6.45) is 17.2. The van der Waals surface area contributed by atoms with Gasteiger partial charge in [-0.15, -0.1) is 6.58 Å². The molecule has 11 rings (SSSR count). The third-order valence-electron chi connectivity index (χ3n) is 12.1. The number of rotatable bonds is 8. The Morgan fingerprint density at radius 1 is 0.631 bits per heavy atom. The fourth-order valence-electron chi connectivity index (χ4n) is 9.30. The lowest BCUT2D eigenvalue weighted by Crippen LogP contribution is -2.08. The van der Waals surface area contributed by atoms with Gasteiger partial charge in [0.2, 0.25) is 0 Å². The Balaban J connectivity index is 0.00000162. The van der Waals surface area contributed by atoms with Crippen LogP contribution < -0.4 is 11.5 Å². The lowest BCUT2D eigenvalue weighted by atomic mass is 9.83. The maximum absolute atomic E-state index is 6.57. The van der Waals surface area contributed by atoms with Crippen LogP contribution in [0.2, 0.25) is 0 Å². The molecular formula is C57H48N8. The van der Waals surface area contributed by atoms with E-state index in [1.165, 1.54) is 55.5 Å². The molecule has 0 atom stereocenters. The van der Waals surface area contributed by atoms with Crippen molar-refractivity contribution >= 4 is 49.3 Å². The molecule has 6 heterocycles. The molecule has 0 bridgehead atoms. The first-order valence-electron chi connectivity index (χ1n) is 22.0. The van der Waals surface area contributed by atoms with Gasteiger partial charge in [-0.05, 0) is 146 Å². The number of fused-ring (bicyclic) bond motifs is 10. The van der Waals surface area contributed by atoms with Crippen molar-refractivity contribution in [2.45, 2.75) is 33.1 Å². The van der Waals surface area contributed by atoms with Gasteiger partial charge in [-0.25, -0.2) is 9.97 Å². The number of hydrogen-bond donors (Lipinski definition) is 2. The maximum atomic E-state index is 6.57. The zero-order chi connectivity index (χ0) is 44.4. The van der Waals surface area contributed by atoms with E-state index in [0.717, 1.165) is 74.9 Å². The highest BCUT2D eigenvalue weighted by molar-refractivity contribution is 6.14. The van der Waals surface area contributed by atoms with E-state index in [1.54, 1.807) is 6.08 Å². The summed E-state index contributed by atoms with van der Waals surface area (Å²) in [5.74, 6) is 1.65. The van der Waals surface area contributed by atoms with Crippen LogP contribution in [0.1, 0.15) is 36.2 Å². The highest BCUT2D eigenvalue weighted by Gasteiger charge is 2.26. The van der Waals surface area contributed by atoms with Crippen LogP contribution in [0.5, 0.6) is 0 Å². The third kappa shape index (κ3) is 7.34. The Kier molecular flexibility index (Phi) is 10.9. The van der Waals surface area contributed by atoms with E-state index in [0.29, 0.717) is 12.1 Å². The molecule has 1 aliphatic carbocycles. The van der Waals surface area contributed by atoms with Crippen LogP contribution >= 0.6 is 0 Å². The Bertz CT molecular complexity index is 3460. The fourth-order valence-corrected chi connectivity index (χ4v) is 9.30. The molecule has 0 saturated heterocycles. The second kappa shape index (κ2) is 17.4. The maximum Gasteiger partial charge on any atom is 0.139 e. The summed E-state index contributed by atoms with van der Waals surface area (Å²) >= 11 is 0. The predicted octanol–water partition coefficient (Wildman–Crippen LogP) is 12.6. The molecule has 8 nitrogen and oxygen atoms in total. The average Bonchev–Trinajstić information content (AvgIpc) is 3.87. The molecule has 65 heavy (non-hydrogen) atoms. The first kappa shape index (κ1) is 40.7. The zero-order valence-electron chi connectivity index (χ0n) is 36.5. The quantitative estimate of drug-likeness (QED) is 0.116. The molecule has 0 fully saturated rings. The second-order valence-electron chi connectivity index (χ2n) is 16.1. The lowest BCUT2D eigenvalue weighted by Gasteiger charge is -2.23. The van der Waals surface area contributed by atoms with Crippen LogP contribution in [0, 0.1) is 0 Å². The van der Waals surface area contributed by atoms with E-state index >= 15 is 0 Å². The number of aryl methyl sites for hydroxylation is 2. The van der Waals surface area contributed by atoms with Crippen LogP contribution in [0.15, 0.2) is 189 Å². The van der Waals surface area contributed by atoms with Gasteiger partial charge in [0.05, 0.1) is 50.5 Å². The monoisotopic (exact) mass is 844 g/mol. The Hall–Kier alpha value is -8.36. The van der Waals surface area contributed by atoms with Crippen LogP contribution in [0.25, 0.3) is 94.7 Å². The van der Waals surface area contributed by atoms with Gasteiger partial charge in [0.15, 0.2) is 0 Å². The van der Waals surface area contributed by atoms with Crippen molar-refractivity contribution in [2.75, 3.05) is 0 Å². The van der Waals surface area contributed by atoms with Crippen LogP contribution in [-0.2, 0) is 19.3 Å². The number of benzene rings is 4. The molecule has 0 unspecified atom stereocenters. The Morgan fingerprint density at radius 3 is 2.05 bits per heavy atom. The topological polar surface area (TPSA) is 113 Å². The summed E-state index contributed by atoms with van der Waals surface area (Å²) in [7, 11) is 0. The van der Waals surface area contributed by atoms with Crippen molar-refractivity contribution in [1.82, 2.24) is 29.1 Å². The molecule has 0 spiro atoms. The summed E-state index contributed by atoms with van der Waals surface area (Å²) in [6.45, 7) is 7.20. The van der Waals surface area contributed by atoms with Gasteiger partial charge in [-0.3, -0.25) is 19.1 Å². The Morgan fingerprint density at radius 2 is 1.32 bits per heavy atom. The van der Waals surface area contributed by atoms with E-state index in [1.807, 2.05) is 80.9 Å². The molecule has 0 radical (unpaired) electrons. The average molecular weight is 845 g/mol. The lowest BCUT2D eigenvalue weighted by molar-refractivity contribution is 0.941. The molecule has 316 valence electrons. The molecular weight excluding hydrogens is 797 g/mol. The van der Waals surface area contributed by atoms with E-state index < -0.39 is 0 Å². The SMILES string of the molecule is C/C=C(\N)c1cc(C/C=C\C=C/N)cc(-n2c3ccccc3c3cc4c(cc32)-c2ccc3c5ccccc5n(-c5cc(-c6ccccn6)cc(-c6ccccn6)n5)c3c2CC4)n1.C=CC. The largest absolute Gasteiger partial charge is 0.405 e. The summed E-state index contributed by atoms with van der Waals surface area (Å²) in [5.41, 5.74) is 27.7. The number of aromatic nitrogens is 6. The van der Waals surface area contributed by atoms with Crippen molar-refractivity contribution in [1.29, 1.82) is 0 Å². The van der Waals surface area contributed by atoms with Gasteiger partial charge in [-0.2, -0.15) is 0 Å². The molecule has 0 aliphatic heterocycles. The van der Waals surface area contributed by atoms with Crippen molar-refractivity contribution in [3.05, 3.63) is 211 Å². The minimum absolute atomic E-state index is 0.637. The summed E-state index contributed by atoms with van der Waals surface area (Å²) in [5, 5.41) is 4.78. The first-order chi connectivity index (χ1) is 32.0. The highest BCUT2D eigenvalue weighted by Crippen LogP contribution is 2.45. The molecule has 6 aromatic heterocycles. The van der Waals surface area contributed by atoms with E-state index in [-0.39, 0.29) is 0 Å². The summed E-state index contributed by atoms with van der Waals surface area (Å²) < 4.78 is 4.67. The first-order valence-corrected chi connectivity index (χ1v) is 22.0. The van der Waals surface area contributed by atoms with Gasteiger partial charge < -0.3 is 11.5 Å². The molecule has 4 aromatic carbocycles. The molecule has 8 heteroatoms. The van der Waals surface area contributed by atoms with E-state index in [2.05, 4.69) is 119 Å². The second-order valence-corrected chi connectivity index (χ2v) is 16.1. The van der Waals surface area contributed by atoms with Crippen LogP contribution in [0.4, 0.5) is 0 Å². The number of hydrogen-bond acceptors (Lipinski definition) is 6. The van der Waals surface area contributed by atoms with Gasteiger partial charge in [0, 0.05) is 39.5 Å². The van der Waals surface area contributed by atoms with Gasteiger partial charge in [0.1, 0.15) is 11.6 Å². The minimum Gasteiger partial charge on any atom is -0.405 e. The molecule has 0 saturated carbocycles. The summed E-state index contributed by atoms with van der Waals surface area (Å²) in [4.78, 5) is 20.1. The predicted molar refractivity (Wildman–Crippen MR) is 270 cm³/mol. The molecule has 1 aliphatic rings. The number of nitrogens with zero attached hydrogens (tertiary/aromatic N) is 6. The van der Waals surface area contributed by atoms with Crippen LogP contribution in [-0.4, -0.2) is 29.1 Å². The normalized spacial score (nSPS) is 12.6. The van der Waals surface area contributed by atoms with Crippen molar-refractivity contribution in [3.63, 3.8) is 0 Å². The van der Waals surface area contributed by atoms with Crippen LogP contribution in [0.3, 0.4) is 0 Å². The Labute approximate surface area is 378 Å². The fraction of sp³-hybridized carbons (Fsp3) is 0.0877. The minimum atomic E-state index is 0.637. The van der Waals surface area contributed by atoms with Gasteiger partial charge in [0.25, 0.3) is 0 Å². The van der Waals surface area contributed by atoms with Crippen molar-refractivity contribution in [2.24, 2.45) is 11.5 Å². The molecule has 10 aromatic rings. The number of nitrogens with two attached hydrogens (primary N) is 2. The number of pyridine rings is 4. The third-order valence-corrected chi connectivity index (χ3v) is 12.1. The standard InChI is InChI=1S/C54H42N8.C3H6/c1-2-44(56)47-28-34(14-4-3-11-25-55)29-52(59-47)61-49-19-7-6-16-39(49)43-30-35-21-22-40-37(42(35)33-51(43)61)23-24-41-38-15-5-8-20-50(38)62(54(40)41)53-32-36(45-17-9-12-26-57-45)31-48(60-53)46-18-10-13-27-58-46;1-3-2/h2-13,15-20,23-33H,14,21-22,55-56H2,1H3;3H,1H2,2H3/b4-3-,25-11-,44-2-;. The van der Waals surface area contributed by atoms with Gasteiger partial charge in [-0.1, -0.05) is 85.0 Å². The molecule has 0 amide bonds. The van der Waals surface area contributed by atoms with E-state index in [9.17, 15) is 0 Å². The smallest absolute Gasteiger partial charge is 0.139 e. The van der Waals surface area contributed by atoms with E-state index in [4.69, 9.17) is 31.4 Å². The molecule has 4 N–H and O–H groups in total. The van der Waals surface area contributed by atoms with Crippen molar-refractivity contribution < 1.29 is 0 Å². The highest BCUT2D eigenvalue weighted by atomic mass is 15.1.